The molecular weight excluding hydrogens is 372 g/mol. The summed E-state index contributed by atoms with van der Waals surface area (Å²) in [5, 5.41) is 0. The Kier molecular flexibility index (Phi) is 12.5. The Morgan fingerprint density at radius 3 is 0.690 bits per heavy atom. The molecular formula is C27H56OS. The van der Waals surface area contributed by atoms with Crippen molar-refractivity contribution < 1.29 is 4.79 Å². The van der Waals surface area contributed by atoms with Gasteiger partial charge in [-0.15, -0.1) is 0 Å². The van der Waals surface area contributed by atoms with E-state index in [0.717, 1.165) is 4.86 Å². The number of ketones is 1. The second-order valence-corrected chi connectivity index (χ2v) is 15.4. The van der Waals surface area contributed by atoms with E-state index in [0.29, 0.717) is 16.6 Å². The number of Topliss-reactive ketones (excluding diaryl/α,β-unsaturated/α-hetero) is 1. The van der Waals surface area contributed by atoms with E-state index in [1.54, 1.807) is 0 Å². The predicted octanol–water partition coefficient (Wildman–Crippen LogP) is 9.56. The molecule has 1 nitrogen and oxygen atoms in total. The summed E-state index contributed by atoms with van der Waals surface area (Å²) in [7, 11) is 0. The molecule has 0 rings (SSSR count). The largest absolute Gasteiger partial charge is 0.299 e. The van der Waals surface area contributed by atoms with Crippen molar-refractivity contribution in [2.45, 2.75) is 131 Å². The van der Waals surface area contributed by atoms with E-state index in [-0.39, 0.29) is 21.7 Å². The molecule has 176 valence electrons. The molecule has 29 heavy (non-hydrogen) atoms. The fraction of sp³-hybridized carbons (Fsp3) is 0.926. The molecule has 0 atom stereocenters. The molecule has 0 saturated carbocycles. The molecule has 0 unspecified atom stereocenters. The predicted molar refractivity (Wildman–Crippen MR) is 139 cm³/mol. The summed E-state index contributed by atoms with van der Waals surface area (Å²) in [4.78, 5) is 12.6. The molecule has 0 saturated heterocycles. The monoisotopic (exact) mass is 428 g/mol. The summed E-state index contributed by atoms with van der Waals surface area (Å²) >= 11 is 5.33. The lowest BCUT2D eigenvalue weighted by Crippen LogP contribution is -2.32. The highest BCUT2D eigenvalue weighted by Crippen LogP contribution is 2.32. The van der Waals surface area contributed by atoms with Gasteiger partial charge in [-0.05, 0) is 28.1 Å². The number of carbonyl (C=O) groups is 1. The first kappa shape index (κ1) is 33.4. The first-order valence-electron chi connectivity index (χ1n) is 11.1. The van der Waals surface area contributed by atoms with Crippen molar-refractivity contribution in [3.63, 3.8) is 0 Å². The molecule has 0 aromatic heterocycles. The summed E-state index contributed by atoms with van der Waals surface area (Å²) in [6, 6.07) is 0. The van der Waals surface area contributed by atoms with Crippen LogP contribution in [0, 0.1) is 32.5 Å². The molecule has 0 bridgehead atoms. The van der Waals surface area contributed by atoms with E-state index in [4.69, 9.17) is 12.2 Å². The maximum atomic E-state index is 11.5. The number of carbonyl (C=O) groups excluding carboxylic acids is 1. The fourth-order valence-corrected chi connectivity index (χ4v) is 3.84. The van der Waals surface area contributed by atoms with E-state index >= 15 is 0 Å². The third-order valence-electron chi connectivity index (χ3n) is 3.79. The minimum absolute atomic E-state index is 0.174. The number of hydrogen-bond acceptors (Lipinski definition) is 2. The molecule has 0 radical (unpaired) electrons. The molecule has 0 spiro atoms. The Hall–Kier alpha value is -0.240. The number of thiocarbonyl (C=S) groups is 1. The average Bonchev–Trinajstić information content (AvgIpc) is 2.29. The summed E-state index contributed by atoms with van der Waals surface area (Å²) in [5.41, 5.74) is 0.925. The summed E-state index contributed by atoms with van der Waals surface area (Å²) < 4.78 is 0. The van der Waals surface area contributed by atoms with E-state index in [1.165, 1.54) is 6.42 Å². The van der Waals surface area contributed by atoms with Crippen LogP contribution in [0.3, 0.4) is 0 Å². The minimum Gasteiger partial charge on any atom is -0.299 e. The lowest BCUT2D eigenvalue weighted by Gasteiger charge is -2.30. The van der Waals surface area contributed by atoms with Crippen molar-refractivity contribution in [3.05, 3.63) is 0 Å². The van der Waals surface area contributed by atoms with Crippen LogP contribution in [0.5, 0.6) is 0 Å². The molecule has 0 aromatic carbocycles. The van der Waals surface area contributed by atoms with Gasteiger partial charge in [0.05, 0.1) is 0 Å². The van der Waals surface area contributed by atoms with Gasteiger partial charge in [0.25, 0.3) is 0 Å². The van der Waals surface area contributed by atoms with Crippen LogP contribution in [0.1, 0.15) is 131 Å². The highest BCUT2D eigenvalue weighted by molar-refractivity contribution is 7.80. The highest BCUT2D eigenvalue weighted by atomic mass is 32.1. The average molecular weight is 429 g/mol. The summed E-state index contributed by atoms with van der Waals surface area (Å²) in [6.45, 7) is 38.5. The third-order valence-corrected chi connectivity index (χ3v) is 5.01. The van der Waals surface area contributed by atoms with Crippen molar-refractivity contribution in [1.82, 2.24) is 0 Å². The standard InChI is InChI=1S/C9H18O.C9H18S.C9H20/c2*1-8(2,3)7(10)9(4,5)6;1-8(2,3)7-9(4,5)6/h2*1-6H3;7H2,1-6H3. The van der Waals surface area contributed by atoms with Crippen molar-refractivity contribution >= 4 is 22.9 Å². The molecule has 0 aromatic rings. The van der Waals surface area contributed by atoms with Gasteiger partial charge in [0, 0.05) is 15.7 Å². The third kappa shape index (κ3) is 20.8. The second kappa shape index (κ2) is 10.9. The molecule has 0 aliphatic heterocycles. The molecule has 0 aliphatic rings. The second-order valence-electron chi connectivity index (χ2n) is 15.0. The normalized spacial score (nSPS) is 13.6. The summed E-state index contributed by atoms with van der Waals surface area (Å²) in [6.07, 6.45) is 1.29. The van der Waals surface area contributed by atoms with Gasteiger partial charge in [0.1, 0.15) is 5.78 Å². The Morgan fingerprint density at radius 1 is 0.483 bits per heavy atom. The van der Waals surface area contributed by atoms with Gasteiger partial charge in [0.15, 0.2) is 0 Å². The SMILES string of the molecule is CC(C)(C)C(=O)C(C)(C)C.CC(C)(C)C(=S)C(C)(C)C.CC(C)(C)CC(C)(C)C. The van der Waals surface area contributed by atoms with Crippen LogP contribution >= 0.6 is 12.2 Å². The van der Waals surface area contributed by atoms with Gasteiger partial charge in [0.2, 0.25) is 0 Å². The van der Waals surface area contributed by atoms with Gasteiger partial charge in [-0.25, -0.2) is 0 Å². The summed E-state index contributed by atoms with van der Waals surface area (Å²) in [5.74, 6) is 0.319. The van der Waals surface area contributed by atoms with Gasteiger partial charge >= 0.3 is 0 Å². The quantitative estimate of drug-likeness (QED) is 0.357. The molecule has 0 N–H and O–H groups in total. The van der Waals surface area contributed by atoms with E-state index in [2.05, 4.69) is 83.1 Å². The highest BCUT2D eigenvalue weighted by Gasteiger charge is 2.31. The van der Waals surface area contributed by atoms with Gasteiger partial charge in [-0.3, -0.25) is 4.79 Å². The first-order chi connectivity index (χ1) is 12.0. The Bertz CT molecular complexity index is 418. The van der Waals surface area contributed by atoms with E-state index < -0.39 is 0 Å². The Labute approximate surface area is 191 Å². The minimum atomic E-state index is -0.196. The van der Waals surface area contributed by atoms with Gasteiger partial charge in [-0.1, -0.05) is 137 Å². The van der Waals surface area contributed by atoms with Crippen LogP contribution in [0.25, 0.3) is 0 Å². The van der Waals surface area contributed by atoms with Crippen molar-refractivity contribution in [3.8, 4) is 0 Å². The first-order valence-corrected chi connectivity index (χ1v) is 11.5. The lowest BCUT2D eigenvalue weighted by molar-refractivity contribution is -0.134. The molecule has 0 aliphatic carbocycles. The fourth-order valence-electron chi connectivity index (χ4n) is 3.84. The number of rotatable bonds is 0. The van der Waals surface area contributed by atoms with Crippen molar-refractivity contribution in [2.75, 3.05) is 0 Å². The van der Waals surface area contributed by atoms with Crippen LogP contribution in [-0.2, 0) is 4.79 Å². The Balaban J connectivity index is -0.000000350. The zero-order valence-electron chi connectivity index (χ0n) is 23.5. The topological polar surface area (TPSA) is 17.1 Å². The van der Waals surface area contributed by atoms with Crippen LogP contribution in [0.4, 0.5) is 0 Å². The molecule has 0 fully saturated rings. The van der Waals surface area contributed by atoms with Crippen molar-refractivity contribution in [2.24, 2.45) is 32.5 Å². The molecule has 0 heterocycles. The maximum Gasteiger partial charge on any atom is 0.143 e. The maximum absolute atomic E-state index is 11.5. The zero-order chi connectivity index (χ0) is 24.9. The van der Waals surface area contributed by atoms with Crippen LogP contribution in [-0.4, -0.2) is 10.6 Å². The van der Waals surface area contributed by atoms with Crippen LogP contribution < -0.4 is 0 Å². The molecule has 2 heteroatoms. The zero-order valence-corrected chi connectivity index (χ0v) is 24.3. The van der Waals surface area contributed by atoms with E-state index in [9.17, 15) is 4.79 Å². The van der Waals surface area contributed by atoms with Gasteiger partial charge in [-0.2, -0.15) is 0 Å². The lowest BCUT2D eigenvalue weighted by atomic mass is 9.76. The number of hydrogen-bond donors (Lipinski definition) is 0. The van der Waals surface area contributed by atoms with E-state index in [1.807, 2.05) is 41.5 Å². The Morgan fingerprint density at radius 2 is 0.690 bits per heavy atom. The van der Waals surface area contributed by atoms with Gasteiger partial charge < -0.3 is 0 Å². The van der Waals surface area contributed by atoms with Crippen molar-refractivity contribution in [1.29, 1.82) is 0 Å². The molecule has 0 amide bonds. The van der Waals surface area contributed by atoms with Crippen LogP contribution in [0.2, 0.25) is 0 Å². The smallest absolute Gasteiger partial charge is 0.143 e. The van der Waals surface area contributed by atoms with Crippen LogP contribution in [0.15, 0.2) is 0 Å².